The lowest BCUT2D eigenvalue weighted by Crippen LogP contribution is -2.31. The number of carboxylic acids is 1. The predicted molar refractivity (Wildman–Crippen MR) is 80.1 cm³/mol. The van der Waals surface area contributed by atoms with Crippen LogP contribution in [0.3, 0.4) is 0 Å². The molecule has 0 heterocycles. The van der Waals surface area contributed by atoms with E-state index in [9.17, 15) is 4.79 Å². The molecule has 0 aromatic heterocycles. The number of nitrogens with one attached hydrogen (secondary N) is 1. The molecule has 0 unspecified atom stereocenters. The lowest BCUT2D eigenvalue weighted by molar-refractivity contribution is -0.148. The van der Waals surface area contributed by atoms with Gasteiger partial charge in [-0.3, -0.25) is 4.79 Å². The summed E-state index contributed by atoms with van der Waals surface area (Å²) in [5, 5.41) is 12.5. The highest BCUT2D eigenvalue weighted by Crippen LogP contribution is 2.26. The van der Waals surface area contributed by atoms with E-state index in [4.69, 9.17) is 9.84 Å². The average molecular weight is 279 g/mol. The zero-order chi connectivity index (χ0) is 15.3. The Morgan fingerprint density at radius 2 is 2.05 bits per heavy atom. The summed E-state index contributed by atoms with van der Waals surface area (Å²) in [5.74, 6) is -0.0667. The van der Waals surface area contributed by atoms with Crippen LogP contribution in [0.1, 0.15) is 38.8 Å². The van der Waals surface area contributed by atoms with E-state index in [1.54, 1.807) is 13.8 Å². The molecule has 0 aliphatic heterocycles. The minimum atomic E-state index is -0.898. The number of hydrogen-bond acceptors (Lipinski definition) is 3. The summed E-state index contributed by atoms with van der Waals surface area (Å²) in [7, 11) is 0. The fourth-order valence-corrected chi connectivity index (χ4v) is 1.69. The Labute approximate surface area is 121 Å². The number of hydrogen-bond donors (Lipinski definition) is 2. The van der Waals surface area contributed by atoms with Crippen molar-refractivity contribution in [3.8, 4) is 5.75 Å². The maximum absolute atomic E-state index is 11.1. The lowest BCUT2D eigenvalue weighted by Gasteiger charge is -2.22. The zero-order valence-corrected chi connectivity index (χ0v) is 13.0. The van der Waals surface area contributed by atoms with Gasteiger partial charge in [-0.2, -0.15) is 0 Å². The first-order chi connectivity index (χ1) is 9.24. The average Bonchev–Trinajstić information content (AvgIpc) is 2.34. The number of ether oxygens (including phenoxy) is 1. The summed E-state index contributed by atoms with van der Waals surface area (Å²) in [4.78, 5) is 11.1. The highest BCUT2D eigenvalue weighted by Gasteiger charge is 2.28. The minimum absolute atomic E-state index is 0.155. The highest BCUT2D eigenvalue weighted by molar-refractivity contribution is 5.73. The molecule has 0 radical (unpaired) electrons. The van der Waals surface area contributed by atoms with Gasteiger partial charge in [0, 0.05) is 18.2 Å². The molecule has 0 spiro atoms. The van der Waals surface area contributed by atoms with Crippen LogP contribution in [0.15, 0.2) is 18.2 Å². The standard InChI is InChI=1S/C16H25NO3/c1-11(2)17-9-13-8-6-7-12(3)14(13)20-10-16(4,5)15(18)19/h6-8,11,17H,9-10H2,1-5H3,(H,18,19). The Balaban J connectivity index is 2.85. The Bertz CT molecular complexity index is 467. The van der Waals surface area contributed by atoms with Crippen molar-refractivity contribution in [1.29, 1.82) is 0 Å². The van der Waals surface area contributed by atoms with E-state index in [1.807, 2.05) is 25.1 Å². The van der Waals surface area contributed by atoms with Crippen molar-refractivity contribution in [3.05, 3.63) is 29.3 Å². The van der Waals surface area contributed by atoms with E-state index in [0.29, 0.717) is 12.6 Å². The summed E-state index contributed by atoms with van der Waals surface area (Å²) in [6, 6.07) is 6.36. The third-order valence-corrected chi connectivity index (χ3v) is 3.15. The molecule has 0 saturated heterocycles. The fraction of sp³-hybridized carbons (Fsp3) is 0.562. The normalized spacial score (nSPS) is 11.7. The molecule has 1 aromatic carbocycles. The summed E-state index contributed by atoms with van der Waals surface area (Å²) in [6.07, 6.45) is 0. The van der Waals surface area contributed by atoms with Gasteiger partial charge in [-0.15, -0.1) is 0 Å². The molecule has 4 nitrogen and oxygen atoms in total. The Hall–Kier alpha value is -1.55. The fourth-order valence-electron chi connectivity index (χ4n) is 1.69. The number of rotatable bonds is 7. The number of carboxylic acid groups (broad SMARTS) is 1. The van der Waals surface area contributed by atoms with Crippen LogP contribution in [0.5, 0.6) is 5.75 Å². The van der Waals surface area contributed by atoms with Crippen LogP contribution in [0.4, 0.5) is 0 Å². The van der Waals surface area contributed by atoms with Crippen molar-refractivity contribution in [2.45, 2.75) is 47.2 Å². The third-order valence-electron chi connectivity index (χ3n) is 3.15. The quantitative estimate of drug-likeness (QED) is 0.805. The van der Waals surface area contributed by atoms with Crippen molar-refractivity contribution < 1.29 is 14.6 Å². The molecule has 0 aliphatic carbocycles. The summed E-state index contributed by atoms with van der Waals surface area (Å²) in [6.45, 7) is 10.3. The first kappa shape index (κ1) is 16.5. The van der Waals surface area contributed by atoms with E-state index in [1.165, 1.54) is 0 Å². The monoisotopic (exact) mass is 279 g/mol. The highest BCUT2D eigenvalue weighted by atomic mass is 16.5. The molecule has 112 valence electrons. The predicted octanol–water partition coefficient (Wildman–Crippen LogP) is 2.98. The van der Waals surface area contributed by atoms with Gasteiger partial charge >= 0.3 is 5.97 Å². The SMILES string of the molecule is Cc1cccc(CNC(C)C)c1OCC(C)(C)C(=O)O. The van der Waals surface area contributed by atoms with E-state index >= 15 is 0 Å². The second-order valence-corrected chi connectivity index (χ2v) is 6.08. The summed E-state index contributed by atoms with van der Waals surface area (Å²) in [5.41, 5.74) is 1.18. The van der Waals surface area contributed by atoms with Gasteiger partial charge in [0.15, 0.2) is 0 Å². The van der Waals surface area contributed by atoms with Gasteiger partial charge in [0.25, 0.3) is 0 Å². The molecule has 4 heteroatoms. The van der Waals surface area contributed by atoms with Crippen LogP contribution in [-0.4, -0.2) is 23.7 Å². The molecule has 0 amide bonds. The van der Waals surface area contributed by atoms with E-state index in [-0.39, 0.29) is 6.61 Å². The smallest absolute Gasteiger partial charge is 0.312 e. The molecular formula is C16H25NO3. The van der Waals surface area contributed by atoms with E-state index in [0.717, 1.165) is 16.9 Å². The molecule has 1 aromatic rings. The van der Waals surface area contributed by atoms with Gasteiger partial charge in [-0.05, 0) is 26.3 Å². The third kappa shape index (κ3) is 4.53. The van der Waals surface area contributed by atoms with Gasteiger partial charge in [-0.1, -0.05) is 32.0 Å². The first-order valence-electron chi connectivity index (χ1n) is 6.92. The lowest BCUT2D eigenvalue weighted by atomic mass is 9.95. The van der Waals surface area contributed by atoms with Crippen LogP contribution in [-0.2, 0) is 11.3 Å². The van der Waals surface area contributed by atoms with Crippen LogP contribution in [0.25, 0.3) is 0 Å². The molecule has 20 heavy (non-hydrogen) atoms. The van der Waals surface area contributed by atoms with Crippen LogP contribution in [0, 0.1) is 12.3 Å². The van der Waals surface area contributed by atoms with Crippen molar-refractivity contribution in [2.24, 2.45) is 5.41 Å². The van der Waals surface area contributed by atoms with Crippen molar-refractivity contribution in [1.82, 2.24) is 5.32 Å². The van der Waals surface area contributed by atoms with Crippen LogP contribution in [0.2, 0.25) is 0 Å². The van der Waals surface area contributed by atoms with Gasteiger partial charge in [-0.25, -0.2) is 0 Å². The zero-order valence-electron chi connectivity index (χ0n) is 13.0. The number of para-hydroxylation sites is 1. The van der Waals surface area contributed by atoms with Gasteiger partial charge < -0.3 is 15.2 Å². The summed E-state index contributed by atoms with van der Waals surface area (Å²) < 4.78 is 5.81. The number of carbonyl (C=O) groups is 1. The molecule has 0 atom stereocenters. The minimum Gasteiger partial charge on any atom is -0.492 e. The molecule has 0 bridgehead atoms. The van der Waals surface area contributed by atoms with Crippen molar-refractivity contribution >= 4 is 5.97 Å². The van der Waals surface area contributed by atoms with E-state index < -0.39 is 11.4 Å². The molecule has 2 N–H and O–H groups in total. The Kier molecular flexibility index (Phi) is 5.57. The topological polar surface area (TPSA) is 58.6 Å². The second kappa shape index (κ2) is 6.75. The number of aliphatic carboxylic acids is 1. The molecule has 0 fully saturated rings. The Morgan fingerprint density at radius 1 is 1.40 bits per heavy atom. The van der Waals surface area contributed by atoms with Gasteiger partial charge in [0.05, 0.1) is 5.41 Å². The van der Waals surface area contributed by atoms with Crippen molar-refractivity contribution in [3.63, 3.8) is 0 Å². The van der Waals surface area contributed by atoms with Gasteiger partial charge in [0.1, 0.15) is 12.4 Å². The summed E-state index contributed by atoms with van der Waals surface area (Å²) >= 11 is 0. The Morgan fingerprint density at radius 3 is 2.60 bits per heavy atom. The number of aryl methyl sites for hydroxylation is 1. The maximum Gasteiger partial charge on any atom is 0.312 e. The van der Waals surface area contributed by atoms with Gasteiger partial charge in [0.2, 0.25) is 0 Å². The maximum atomic E-state index is 11.1. The second-order valence-electron chi connectivity index (χ2n) is 6.08. The number of benzene rings is 1. The molecule has 0 saturated carbocycles. The first-order valence-corrected chi connectivity index (χ1v) is 6.92. The molecule has 0 aliphatic rings. The van der Waals surface area contributed by atoms with Crippen molar-refractivity contribution in [2.75, 3.05) is 6.61 Å². The largest absolute Gasteiger partial charge is 0.492 e. The molecular weight excluding hydrogens is 254 g/mol. The van der Waals surface area contributed by atoms with E-state index in [2.05, 4.69) is 19.2 Å². The van der Waals surface area contributed by atoms with Crippen LogP contribution < -0.4 is 10.1 Å². The van der Waals surface area contributed by atoms with Crippen LogP contribution >= 0.6 is 0 Å². The molecule has 1 rings (SSSR count).